The van der Waals surface area contributed by atoms with Gasteiger partial charge >= 0.3 is 5.97 Å². The van der Waals surface area contributed by atoms with E-state index in [1.165, 1.54) is 43.4 Å². The molecule has 1 aromatic carbocycles. The number of benzene rings is 1. The molecule has 0 saturated carbocycles. The molecule has 3 nitrogen and oxygen atoms in total. The number of unbranched alkanes of at least 4 members (excludes halogenated alkanes) is 2. The lowest BCUT2D eigenvalue weighted by molar-refractivity contribution is -0.137. The van der Waals surface area contributed by atoms with E-state index in [-0.39, 0.29) is 6.42 Å². The zero-order chi connectivity index (χ0) is 22.4. The Morgan fingerprint density at radius 1 is 1.03 bits per heavy atom. The first kappa shape index (κ1) is 24.9. The molecule has 2 aliphatic rings. The number of aliphatic carboxylic acids is 1. The highest BCUT2D eigenvalue weighted by Crippen LogP contribution is 2.47. The van der Waals surface area contributed by atoms with Gasteiger partial charge < -0.3 is 9.84 Å². The van der Waals surface area contributed by atoms with Crippen molar-refractivity contribution in [2.45, 2.75) is 82.8 Å². The molecule has 0 spiro atoms. The summed E-state index contributed by atoms with van der Waals surface area (Å²) >= 11 is 2.03. The van der Waals surface area contributed by atoms with Crippen molar-refractivity contribution < 1.29 is 14.6 Å². The number of carboxylic acids is 1. The zero-order valence-electron chi connectivity index (χ0n) is 19.2. The van der Waals surface area contributed by atoms with Gasteiger partial charge in [0, 0.05) is 25.0 Å². The molecule has 0 aliphatic carbocycles. The third-order valence-electron chi connectivity index (χ3n) is 6.63. The summed E-state index contributed by atoms with van der Waals surface area (Å²) in [7, 11) is 0. The summed E-state index contributed by atoms with van der Waals surface area (Å²) in [4.78, 5) is 10.6. The van der Waals surface area contributed by atoms with Crippen molar-refractivity contribution in [1.29, 1.82) is 0 Å². The summed E-state index contributed by atoms with van der Waals surface area (Å²) in [6.07, 6.45) is 16.5. The number of thioether (sulfide) groups is 1. The third kappa shape index (κ3) is 8.68. The minimum Gasteiger partial charge on any atom is -0.481 e. The highest BCUT2D eigenvalue weighted by atomic mass is 32.2. The summed E-state index contributed by atoms with van der Waals surface area (Å²) in [5, 5.41) is 8.73. The zero-order valence-corrected chi connectivity index (χ0v) is 20.0. The molecule has 2 fully saturated rings. The molecule has 3 rings (SSSR count). The fourth-order valence-corrected chi connectivity index (χ4v) is 5.86. The highest BCUT2D eigenvalue weighted by molar-refractivity contribution is 7.99. The molecule has 0 aromatic heterocycles. The van der Waals surface area contributed by atoms with Crippen molar-refractivity contribution in [3.8, 4) is 11.8 Å². The summed E-state index contributed by atoms with van der Waals surface area (Å²) < 4.78 is 6.24. The number of carboxylic acid groups (broad SMARTS) is 1. The maximum absolute atomic E-state index is 10.6. The normalized spacial score (nSPS) is 24.0. The monoisotopic (exact) mass is 454 g/mol. The van der Waals surface area contributed by atoms with Gasteiger partial charge in [-0.15, -0.1) is 5.92 Å². The van der Waals surface area contributed by atoms with Crippen LogP contribution < -0.4 is 0 Å². The lowest BCUT2D eigenvalue weighted by Gasteiger charge is -2.27. The molecule has 0 amide bonds. The minimum absolute atomic E-state index is 0.266. The van der Waals surface area contributed by atoms with E-state index in [2.05, 4.69) is 48.3 Å². The van der Waals surface area contributed by atoms with Gasteiger partial charge in [-0.2, -0.15) is 11.8 Å². The van der Waals surface area contributed by atoms with Crippen LogP contribution >= 0.6 is 11.8 Å². The average molecular weight is 455 g/mol. The first-order valence-corrected chi connectivity index (χ1v) is 13.5. The van der Waals surface area contributed by atoms with Gasteiger partial charge in [0.2, 0.25) is 0 Å². The second kappa shape index (κ2) is 14.4. The van der Waals surface area contributed by atoms with E-state index >= 15 is 0 Å². The second-order valence-electron chi connectivity index (χ2n) is 8.99. The van der Waals surface area contributed by atoms with Crippen LogP contribution in [-0.2, 0) is 16.0 Å². The number of carbonyl (C=O) groups is 1. The number of rotatable bonds is 14. The van der Waals surface area contributed by atoms with Gasteiger partial charge in [0.05, 0.1) is 12.2 Å². The van der Waals surface area contributed by atoms with Crippen LogP contribution in [0.3, 0.4) is 0 Å². The highest BCUT2D eigenvalue weighted by Gasteiger charge is 2.47. The Balaban J connectivity index is 1.24. The van der Waals surface area contributed by atoms with Gasteiger partial charge in [0.15, 0.2) is 0 Å². The first-order valence-electron chi connectivity index (χ1n) is 12.3. The van der Waals surface area contributed by atoms with Crippen LogP contribution in [0.4, 0.5) is 0 Å². The Labute approximate surface area is 198 Å². The van der Waals surface area contributed by atoms with E-state index in [0.717, 1.165) is 37.9 Å². The van der Waals surface area contributed by atoms with Gasteiger partial charge in [-0.05, 0) is 68.1 Å². The molecule has 4 atom stereocenters. The number of hydrogen-bond acceptors (Lipinski definition) is 3. The number of fused-ring (bicyclic) bond motifs is 2. The van der Waals surface area contributed by atoms with E-state index in [4.69, 9.17) is 9.84 Å². The van der Waals surface area contributed by atoms with Gasteiger partial charge in [0.1, 0.15) is 0 Å². The molecule has 1 aromatic rings. The van der Waals surface area contributed by atoms with E-state index in [1.54, 1.807) is 0 Å². The molecule has 2 bridgehead atoms. The van der Waals surface area contributed by atoms with Crippen molar-refractivity contribution >= 4 is 17.7 Å². The Hall–Kier alpha value is -1.70. The predicted molar refractivity (Wildman–Crippen MR) is 134 cm³/mol. The van der Waals surface area contributed by atoms with Gasteiger partial charge in [0.25, 0.3) is 0 Å². The van der Waals surface area contributed by atoms with Crippen LogP contribution in [0.5, 0.6) is 0 Å². The first-order chi connectivity index (χ1) is 15.7. The van der Waals surface area contributed by atoms with Crippen LogP contribution in [0.25, 0.3) is 0 Å². The topological polar surface area (TPSA) is 46.5 Å². The lowest BCUT2D eigenvalue weighted by Crippen LogP contribution is -2.26. The molecular formula is C28H38O3S. The molecule has 4 heteroatoms. The second-order valence-corrected chi connectivity index (χ2v) is 10.2. The average Bonchev–Trinajstić information content (AvgIpc) is 3.40. The smallest absolute Gasteiger partial charge is 0.303 e. The van der Waals surface area contributed by atoms with Crippen molar-refractivity contribution in [2.24, 2.45) is 11.8 Å². The molecule has 2 saturated heterocycles. The molecule has 1 N–H and O–H groups in total. The maximum Gasteiger partial charge on any atom is 0.303 e. The molecule has 32 heavy (non-hydrogen) atoms. The van der Waals surface area contributed by atoms with Crippen molar-refractivity contribution in [3.63, 3.8) is 0 Å². The van der Waals surface area contributed by atoms with Crippen LogP contribution in [0.2, 0.25) is 0 Å². The van der Waals surface area contributed by atoms with Crippen LogP contribution in [-0.4, -0.2) is 34.8 Å². The molecule has 0 radical (unpaired) electrons. The van der Waals surface area contributed by atoms with E-state index in [1.807, 2.05) is 17.8 Å². The fraction of sp³-hybridized carbons (Fsp3) is 0.607. The largest absolute Gasteiger partial charge is 0.481 e. The Morgan fingerprint density at radius 3 is 2.66 bits per heavy atom. The predicted octanol–water partition coefficient (Wildman–Crippen LogP) is 6.52. The number of hydrogen-bond donors (Lipinski definition) is 1. The molecular weight excluding hydrogens is 416 g/mol. The molecule has 2 heterocycles. The summed E-state index contributed by atoms with van der Waals surface area (Å²) in [6.45, 7) is 0. The Bertz CT molecular complexity index is 764. The SMILES string of the molecule is O=C(O)CCCC=CC[C@@H]1[C@H](CCCCSCCC#CCc2ccccc2)[C@@H]2CC[C@H]1O2. The van der Waals surface area contributed by atoms with Gasteiger partial charge in [-0.3, -0.25) is 4.79 Å². The van der Waals surface area contributed by atoms with Crippen molar-refractivity contribution in [2.75, 3.05) is 11.5 Å². The van der Waals surface area contributed by atoms with Gasteiger partial charge in [-0.1, -0.05) is 54.8 Å². The van der Waals surface area contributed by atoms with Crippen molar-refractivity contribution in [1.82, 2.24) is 0 Å². The fourth-order valence-electron chi connectivity index (χ4n) is 5.00. The van der Waals surface area contributed by atoms with Crippen LogP contribution in [0, 0.1) is 23.7 Å². The minimum atomic E-state index is -0.700. The Morgan fingerprint density at radius 2 is 1.84 bits per heavy atom. The van der Waals surface area contributed by atoms with Crippen molar-refractivity contribution in [3.05, 3.63) is 48.0 Å². The number of ether oxygens (including phenoxy) is 1. The summed E-state index contributed by atoms with van der Waals surface area (Å²) in [5.41, 5.74) is 1.30. The Kier molecular flexibility index (Phi) is 11.3. The molecule has 0 unspecified atom stereocenters. The van der Waals surface area contributed by atoms with E-state index in [0.29, 0.717) is 24.0 Å². The lowest BCUT2D eigenvalue weighted by atomic mass is 9.75. The quantitative estimate of drug-likeness (QED) is 0.197. The summed E-state index contributed by atoms with van der Waals surface area (Å²) in [6, 6.07) is 10.4. The van der Waals surface area contributed by atoms with Gasteiger partial charge in [-0.25, -0.2) is 0 Å². The van der Waals surface area contributed by atoms with E-state index in [9.17, 15) is 4.79 Å². The summed E-state index contributed by atoms with van der Waals surface area (Å²) in [5.74, 6) is 9.64. The third-order valence-corrected chi connectivity index (χ3v) is 7.70. The van der Waals surface area contributed by atoms with Crippen LogP contribution in [0.15, 0.2) is 42.5 Å². The van der Waals surface area contributed by atoms with E-state index < -0.39 is 5.97 Å². The molecule has 174 valence electrons. The standard InChI is InChI=1S/C28H38O3S/c29-28(30)18-9-2-1-8-16-24-25(27-20-19-26(24)31-27)17-10-12-22-32-21-11-4-7-15-23-13-5-3-6-14-23/h1,3,5-6,8,13-14,24-27H,2,9-12,15-22H2,(H,29,30)/t24-,25+,26-,27+/m1/s1. The molecule has 2 aliphatic heterocycles. The number of allylic oxidation sites excluding steroid dienone is 2. The maximum atomic E-state index is 10.6. The van der Waals surface area contributed by atoms with Crippen LogP contribution in [0.1, 0.15) is 69.8 Å².